The molecule has 6 nitrogen and oxygen atoms in total. The maximum atomic E-state index is 5.41. The monoisotopic (exact) mass is 354 g/mol. The first-order chi connectivity index (χ1) is 12.8. The molecule has 1 N–H and O–H groups in total. The summed E-state index contributed by atoms with van der Waals surface area (Å²) in [6.45, 7) is 3.86. The largest absolute Gasteiger partial charge is 0.493 e. The van der Waals surface area contributed by atoms with Crippen molar-refractivity contribution in [3.8, 4) is 11.5 Å². The van der Waals surface area contributed by atoms with E-state index in [0.29, 0.717) is 6.04 Å². The highest BCUT2D eigenvalue weighted by atomic mass is 16.5. The Labute approximate surface area is 154 Å². The van der Waals surface area contributed by atoms with Gasteiger partial charge in [0, 0.05) is 43.5 Å². The van der Waals surface area contributed by atoms with Crippen LogP contribution in [0.4, 0.5) is 0 Å². The molecule has 1 aromatic carbocycles. The van der Waals surface area contributed by atoms with Crippen LogP contribution in [0.25, 0.3) is 0 Å². The summed E-state index contributed by atoms with van der Waals surface area (Å²) >= 11 is 0. The fourth-order valence-electron chi connectivity index (χ4n) is 3.83. The van der Waals surface area contributed by atoms with Gasteiger partial charge in [-0.1, -0.05) is 6.07 Å². The third-order valence-corrected chi connectivity index (χ3v) is 5.26. The molecule has 2 aliphatic rings. The molecular weight excluding hydrogens is 328 g/mol. The van der Waals surface area contributed by atoms with Gasteiger partial charge in [-0.05, 0) is 37.1 Å². The summed E-state index contributed by atoms with van der Waals surface area (Å²) in [5.41, 5.74) is 3.68. The Morgan fingerprint density at radius 1 is 1.23 bits per heavy atom. The summed E-state index contributed by atoms with van der Waals surface area (Å²) in [6, 6.07) is 6.46. The number of hydrogen-bond donors (Lipinski definition) is 1. The quantitative estimate of drug-likeness (QED) is 0.890. The number of benzene rings is 1. The molecule has 2 aromatic rings. The van der Waals surface area contributed by atoms with Crippen molar-refractivity contribution in [2.75, 3.05) is 27.3 Å². The number of aromatic nitrogens is 2. The number of ether oxygens (including phenoxy) is 2. The minimum Gasteiger partial charge on any atom is -0.493 e. The molecule has 4 rings (SSSR count). The van der Waals surface area contributed by atoms with Crippen LogP contribution in [-0.2, 0) is 19.5 Å². The van der Waals surface area contributed by atoms with Crippen LogP contribution < -0.4 is 14.8 Å². The van der Waals surface area contributed by atoms with E-state index in [-0.39, 0.29) is 0 Å². The molecule has 0 saturated carbocycles. The first kappa shape index (κ1) is 17.2. The van der Waals surface area contributed by atoms with E-state index in [1.807, 2.05) is 12.3 Å². The van der Waals surface area contributed by atoms with Gasteiger partial charge in [0.25, 0.3) is 0 Å². The summed E-state index contributed by atoms with van der Waals surface area (Å²) in [5, 5.41) is 3.48. The Hall–Kier alpha value is -2.18. The fraction of sp³-hybridized carbons (Fsp3) is 0.500. The molecule has 26 heavy (non-hydrogen) atoms. The van der Waals surface area contributed by atoms with Crippen molar-refractivity contribution in [1.82, 2.24) is 20.2 Å². The Morgan fingerprint density at radius 2 is 2.12 bits per heavy atom. The van der Waals surface area contributed by atoms with Gasteiger partial charge in [-0.25, -0.2) is 9.97 Å². The number of nitrogens with zero attached hydrogens (tertiary/aromatic N) is 3. The molecule has 0 amide bonds. The van der Waals surface area contributed by atoms with E-state index in [4.69, 9.17) is 14.5 Å². The van der Waals surface area contributed by atoms with Gasteiger partial charge >= 0.3 is 0 Å². The van der Waals surface area contributed by atoms with Crippen molar-refractivity contribution >= 4 is 0 Å². The normalized spacial score (nSPS) is 20.0. The fourth-order valence-corrected chi connectivity index (χ4v) is 3.83. The Bertz CT molecular complexity index is 774. The van der Waals surface area contributed by atoms with E-state index >= 15 is 0 Å². The van der Waals surface area contributed by atoms with Gasteiger partial charge in [0.2, 0.25) is 0 Å². The molecule has 0 spiro atoms. The van der Waals surface area contributed by atoms with Crippen molar-refractivity contribution in [3.63, 3.8) is 0 Å². The zero-order valence-electron chi connectivity index (χ0n) is 15.5. The molecule has 2 aliphatic heterocycles. The molecule has 0 bridgehead atoms. The van der Waals surface area contributed by atoms with Gasteiger partial charge < -0.3 is 14.8 Å². The molecule has 0 radical (unpaired) electrons. The maximum Gasteiger partial charge on any atom is 0.161 e. The van der Waals surface area contributed by atoms with Gasteiger partial charge in [-0.15, -0.1) is 0 Å². The smallest absolute Gasteiger partial charge is 0.161 e. The zero-order chi connectivity index (χ0) is 17.9. The first-order valence-corrected chi connectivity index (χ1v) is 9.28. The van der Waals surface area contributed by atoms with Crippen molar-refractivity contribution in [2.24, 2.45) is 0 Å². The standard InChI is InChI=1S/C20H26N4O2/c1-25-18-6-5-14(10-19(18)26-2)12-24-9-7-16-15(13-24)11-22-20(23-16)17-4-3-8-21-17/h5-6,10-11,17,21H,3-4,7-9,12-13H2,1-2H3. The number of nitrogens with one attached hydrogen (secondary N) is 1. The van der Waals surface area contributed by atoms with Crippen LogP contribution in [0.2, 0.25) is 0 Å². The van der Waals surface area contributed by atoms with Crippen LogP contribution in [0.15, 0.2) is 24.4 Å². The lowest BCUT2D eigenvalue weighted by molar-refractivity contribution is 0.241. The molecular formula is C20H26N4O2. The lowest BCUT2D eigenvalue weighted by Gasteiger charge is -2.28. The minimum absolute atomic E-state index is 0.338. The third kappa shape index (κ3) is 3.52. The van der Waals surface area contributed by atoms with Crippen LogP contribution in [0.1, 0.15) is 41.5 Å². The Morgan fingerprint density at radius 3 is 2.88 bits per heavy atom. The molecule has 1 aromatic heterocycles. The lowest BCUT2D eigenvalue weighted by atomic mass is 10.1. The lowest BCUT2D eigenvalue weighted by Crippen LogP contribution is -2.31. The number of fused-ring (bicyclic) bond motifs is 1. The molecule has 1 unspecified atom stereocenters. The van der Waals surface area contributed by atoms with Crippen molar-refractivity contribution in [2.45, 2.75) is 38.4 Å². The highest BCUT2D eigenvalue weighted by molar-refractivity contribution is 5.42. The molecule has 138 valence electrons. The third-order valence-electron chi connectivity index (χ3n) is 5.26. The summed E-state index contributed by atoms with van der Waals surface area (Å²) in [7, 11) is 3.33. The van der Waals surface area contributed by atoms with E-state index in [9.17, 15) is 0 Å². The van der Waals surface area contributed by atoms with Gasteiger partial charge in [0.05, 0.1) is 20.3 Å². The van der Waals surface area contributed by atoms with Gasteiger partial charge in [0.1, 0.15) is 5.82 Å². The van der Waals surface area contributed by atoms with E-state index in [2.05, 4.69) is 27.3 Å². The Kier molecular flexibility index (Phi) is 5.04. The van der Waals surface area contributed by atoms with Crippen LogP contribution >= 0.6 is 0 Å². The predicted molar refractivity (Wildman–Crippen MR) is 99.4 cm³/mol. The molecule has 1 atom stereocenters. The van der Waals surface area contributed by atoms with E-state index in [1.54, 1.807) is 14.2 Å². The predicted octanol–water partition coefficient (Wildman–Crippen LogP) is 2.48. The average molecular weight is 354 g/mol. The van der Waals surface area contributed by atoms with Crippen LogP contribution in [0.5, 0.6) is 11.5 Å². The van der Waals surface area contributed by atoms with Crippen LogP contribution in [0, 0.1) is 0 Å². The summed E-state index contributed by atoms with van der Waals surface area (Å²) in [5.74, 6) is 2.51. The van der Waals surface area contributed by atoms with Crippen LogP contribution in [0.3, 0.4) is 0 Å². The second-order valence-electron chi connectivity index (χ2n) is 7.00. The summed E-state index contributed by atoms with van der Waals surface area (Å²) in [4.78, 5) is 11.9. The molecule has 6 heteroatoms. The van der Waals surface area contributed by atoms with E-state index < -0.39 is 0 Å². The molecule has 3 heterocycles. The second kappa shape index (κ2) is 7.60. The Balaban J connectivity index is 1.45. The number of rotatable bonds is 5. The molecule has 0 aliphatic carbocycles. The highest BCUT2D eigenvalue weighted by Gasteiger charge is 2.23. The van der Waals surface area contributed by atoms with Gasteiger partial charge in [-0.3, -0.25) is 4.90 Å². The van der Waals surface area contributed by atoms with E-state index in [1.165, 1.54) is 23.2 Å². The molecule has 1 fully saturated rings. The minimum atomic E-state index is 0.338. The topological polar surface area (TPSA) is 59.5 Å². The average Bonchev–Trinajstić information content (AvgIpc) is 3.22. The van der Waals surface area contributed by atoms with Crippen LogP contribution in [-0.4, -0.2) is 42.2 Å². The number of methoxy groups -OCH3 is 2. The summed E-state index contributed by atoms with van der Waals surface area (Å²) < 4.78 is 10.7. The maximum absolute atomic E-state index is 5.41. The van der Waals surface area contributed by atoms with Gasteiger partial charge in [0.15, 0.2) is 11.5 Å². The zero-order valence-corrected chi connectivity index (χ0v) is 15.5. The summed E-state index contributed by atoms with van der Waals surface area (Å²) in [6.07, 6.45) is 5.36. The highest BCUT2D eigenvalue weighted by Crippen LogP contribution is 2.29. The SMILES string of the molecule is COc1ccc(CN2CCc3nc(C4CCCN4)ncc3C2)cc1OC. The van der Waals surface area contributed by atoms with Crippen molar-refractivity contribution in [3.05, 3.63) is 47.0 Å². The number of hydrogen-bond acceptors (Lipinski definition) is 6. The second-order valence-corrected chi connectivity index (χ2v) is 7.00. The van der Waals surface area contributed by atoms with Crippen molar-refractivity contribution < 1.29 is 9.47 Å². The van der Waals surface area contributed by atoms with Gasteiger partial charge in [-0.2, -0.15) is 0 Å². The van der Waals surface area contributed by atoms with Crippen molar-refractivity contribution in [1.29, 1.82) is 0 Å². The molecule has 1 saturated heterocycles. The first-order valence-electron chi connectivity index (χ1n) is 9.28. The van der Waals surface area contributed by atoms with E-state index in [0.717, 1.165) is 56.3 Å².